The maximum atomic E-state index is 12.5. The van der Waals surface area contributed by atoms with Crippen molar-refractivity contribution in [1.29, 1.82) is 0 Å². The Morgan fingerprint density at radius 2 is 2.07 bits per heavy atom. The summed E-state index contributed by atoms with van der Waals surface area (Å²) in [5, 5.41) is 10.1. The van der Waals surface area contributed by atoms with E-state index in [1.165, 1.54) is 11.8 Å². The summed E-state index contributed by atoms with van der Waals surface area (Å²) in [4.78, 5) is 19.1. The van der Waals surface area contributed by atoms with Crippen LogP contribution in [0.25, 0.3) is 22.1 Å². The van der Waals surface area contributed by atoms with E-state index in [4.69, 9.17) is 4.74 Å². The molecule has 3 aromatic rings. The molecule has 3 heterocycles. The number of piperidine rings is 1. The molecule has 1 fully saturated rings. The summed E-state index contributed by atoms with van der Waals surface area (Å²) in [6, 6.07) is 5.94. The van der Waals surface area contributed by atoms with Gasteiger partial charge in [0.05, 0.1) is 17.9 Å². The number of likely N-dealkylation sites (tertiary alicyclic amines) is 1. The van der Waals surface area contributed by atoms with Crippen LogP contribution in [0, 0.1) is 5.92 Å². The number of benzene rings is 1. The molecule has 0 radical (unpaired) electrons. The number of thioether (sulfide) groups is 1. The number of carbonyl (C=O) groups is 1. The zero-order valence-electron chi connectivity index (χ0n) is 16.5. The molecule has 1 aliphatic heterocycles. The fraction of sp³-hybridized carbons (Fsp3) is 0.500. The normalized spacial score (nSPS) is 15.5. The smallest absolute Gasteiger partial charge is 0.233 e. The Bertz CT molecular complexity index is 1010. The number of fused-ring (bicyclic) bond motifs is 3. The second-order valence-corrected chi connectivity index (χ2v) is 8.23. The van der Waals surface area contributed by atoms with Crippen molar-refractivity contribution in [3.8, 4) is 5.75 Å². The molecule has 0 bridgehead atoms. The summed E-state index contributed by atoms with van der Waals surface area (Å²) in [6.07, 6.45) is 2.17. The number of rotatable bonds is 5. The van der Waals surface area contributed by atoms with E-state index in [0.29, 0.717) is 23.4 Å². The zero-order valence-corrected chi connectivity index (χ0v) is 17.3. The molecule has 148 valence electrons. The highest BCUT2D eigenvalue weighted by Gasteiger charge is 2.21. The van der Waals surface area contributed by atoms with Gasteiger partial charge >= 0.3 is 0 Å². The average Bonchev–Trinajstić information content (AvgIpc) is 2.98. The monoisotopic (exact) mass is 399 g/mol. The first-order chi connectivity index (χ1) is 13.6. The molecule has 0 N–H and O–H groups in total. The zero-order chi connectivity index (χ0) is 19.7. The number of nitrogens with zero attached hydrogens (tertiary/aromatic N) is 5. The number of hydrogen-bond acceptors (Lipinski definition) is 6. The van der Waals surface area contributed by atoms with Crippen LogP contribution in [0.5, 0.6) is 5.75 Å². The maximum Gasteiger partial charge on any atom is 0.233 e. The largest absolute Gasteiger partial charge is 0.494 e. The van der Waals surface area contributed by atoms with Crippen LogP contribution in [0.1, 0.15) is 26.7 Å². The second kappa shape index (κ2) is 7.95. The molecule has 7 nitrogen and oxygen atoms in total. The quantitative estimate of drug-likeness (QED) is 0.613. The van der Waals surface area contributed by atoms with E-state index in [1.807, 2.05) is 41.6 Å². The molecule has 0 spiro atoms. The van der Waals surface area contributed by atoms with E-state index < -0.39 is 0 Å². The first kappa shape index (κ1) is 19.0. The predicted octanol–water partition coefficient (Wildman–Crippen LogP) is 3.27. The highest BCUT2D eigenvalue weighted by Crippen LogP contribution is 2.29. The molecule has 1 aromatic carbocycles. The number of aryl methyl sites for hydroxylation is 1. The van der Waals surface area contributed by atoms with Gasteiger partial charge in [-0.25, -0.2) is 4.98 Å². The summed E-state index contributed by atoms with van der Waals surface area (Å²) in [7, 11) is 1.97. The van der Waals surface area contributed by atoms with Crippen LogP contribution in [0.2, 0.25) is 0 Å². The average molecular weight is 400 g/mol. The summed E-state index contributed by atoms with van der Waals surface area (Å²) in [5.74, 6) is 2.02. The molecule has 1 amide bonds. The molecule has 0 aliphatic carbocycles. The Balaban J connectivity index is 1.53. The van der Waals surface area contributed by atoms with Crippen molar-refractivity contribution in [2.75, 3.05) is 25.4 Å². The topological polar surface area (TPSA) is 73.1 Å². The van der Waals surface area contributed by atoms with Gasteiger partial charge in [-0.2, -0.15) is 0 Å². The Hall–Kier alpha value is -2.35. The van der Waals surface area contributed by atoms with Gasteiger partial charge in [0.1, 0.15) is 11.3 Å². The summed E-state index contributed by atoms with van der Waals surface area (Å²) >= 11 is 1.35. The molecule has 1 saturated heterocycles. The van der Waals surface area contributed by atoms with Gasteiger partial charge in [0.25, 0.3) is 0 Å². The lowest BCUT2D eigenvalue weighted by molar-refractivity contribution is -0.129. The molecule has 2 aromatic heterocycles. The van der Waals surface area contributed by atoms with Crippen LogP contribution >= 0.6 is 11.8 Å². The van der Waals surface area contributed by atoms with E-state index in [0.717, 1.165) is 53.7 Å². The predicted molar refractivity (Wildman–Crippen MR) is 111 cm³/mol. The number of hydrogen-bond donors (Lipinski definition) is 0. The van der Waals surface area contributed by atoms with E-state index in [2.05, 4.69) is 22.1 Å². The van der Waals surface area contributed by atoms with Crippen LogP contribution in [-0.4, -0.2) is 56.0 Å². The van der Waals surface area contributed by atoms with Crippen molar-refractivity contribution in [2.24, 2.45) is 13.0 Å². The second-order valence-electron chi connectivity index (χ2n) is 7.29. The Morgan fingerprint density at radius 1 is 1.29 bits per heavy atom. The Kier molecular flexibility index (Phi) is 5.39. The van der Waals surface area contributed by atoms with Gasteiger partial charge in [-0.15, -0.1) is 10.2 Å². The van der Waals surface area contributed by atoms with Crippen molar-refractivity contribution < 1.29 is 9.53 Å². The third-order valence-corrected chi connectivity index (χ3v) is 6.15. The molecule has 0 saturated carbocycles. The lowest BCUT2D eigenvalue weighted by Gasteiger charge is -2.30. The fourth-order valence-electron chi connectivity index (χ4n) is 3.62. The van der Waals surface area contributed by atoms with Crippen molar-refractivity contribution >= 4 is 39.7 Å². The first-order valence-corrected chi connectivity index (χ1v) is 10.7. The van der Waals surface area contributed by atoms with Gasteiger partial charge in [0.2, 0.25) is 11.1 Å². The molecular formula is C20H25N5O2S. The molecule has 28 heavy (non-hydrogen) atoms. The molecule has 1 aliphatic rings. The lowest BCUT2D eigenvalue weighted by atomic mass is 9.99. The van der Waals surface area contributed by atoms with Crippen LogP contribution in [0.15, 0.2) is 23.4 Å². The SMILES string of the molecule is CCOc1ccc2c(c1)c1nnc(SCC(=O)N3CCC(C)CC3)nc1n2C. The number of aromatic nitrogens is 4. The van der Waals surface area contributed by atoms with Crippen LogP contribution < -0.4 is 4.74 Å². The van der Waals surface area contributed by atoms with Gasteiger partial charge in [0, 0.05) is 25.5 Å². The first-order valence-electron chi connectivity index (χ1n) is 9.73. The lowest BCUT2D eigenvalue weighted by Crippen LogP contribution is -2.38. The van der Waals surface area contributed by atoms with Crippen LogP contribution in [0.3, 0.4) is 0 Å². The van der Waals surface area contributed by atoms with E-state index >= 15 is 0 Å². The van der Waals surface area contributed by atoms with E-state index in [-0.39, 0.29) is 5.91 Å². The molecule has 0 unspecified atom stereocenters. The van der Waals surface area contributed by atoms with E-state index in [9.17, 15) is 4.79 Å². The Labute approximate surface area is 168 Å². The molecule has 8 heteroatoms. The number of amides is 1. The fourth-order valence-corrected chi connectivity index (χ4v) is 4.30. The minimum Gasteiger partial charge on any atom is -0.494 e. The highest BCUT2D eigenvalue weighted by atomic mass is 32.2. The minimum absolute atomic E-state index is 0.152. The van der Waals surface area contributed by atoms with E-state index in [1.54, 1.807) is 0 Å². The maximum absolute atomic E-state index is 12.5. The van der Waals surface area contributed by atoms with Crippen LogP contribution in [-0.2, 0) is 11.8 Å². The van der Waals surface area contributed by atoms with Gasteiger partial charge in [-0.1, -0.05) is 18.7 Å². The van der Waals surface area contributed by atoms with Gasteiger partial charge in [-0.3, -0.25) is 4.79 Å². The van der Waals surface area contributed by atoms with Gasteiger partial charge in [-0.05, 0) is 43.9 Å². The Morgan fingerprint density at radius 3 is 2.82 bits per heavy atom. The van der Waals surface area contributed by atoms with Crippen molar-refractivity contribution in [2.45, 2.75) is 31.8 Å². The third-order valence-electron chi connectivity index (χ3n) is 5.32. The number of ether oxygens (including phenoxy) is 1. The van der Waals surface area contributed by atoms with Gasteiger partial charge in [0.15, 0.2) is 5.65 Å². The van der Waals surface area contributed by atoms with Crippen molar-refractivity contribution in [1.82, 2.24) is 24.6 Å². The summed E-state index contributed by atoms with van der Waals surface area (Å²) in [6.45, 7) is 6.52. The third kappa shape index (κ3) is 3.65. The summed E-state index contributed by atoms with van der Waals surface area (Å²) in [5.41, 5.74) is 2.54. The highest BCUT2D eigenvalue weighted by molar-refractivity contribution is 7.99. The van der Waals surface area contributed by atoms with Crippen LogP contribution in [0.4, 0.5) is 0 Å². The molecule has 0 atom stereocenters. The number of carbonyl (C=O) groups excluding carboxylic acids is 1. The summed E-state index contributed by atoms with van der Waals surface area (Å²) < 4.78 is 7.61. The molecular weight excluding hydrogens is 374 g/mol. The molecule has 4 rings (SSSR count). The minimum atomic E-state index is 0.152. The van der Waals surface area contributed by atoms with Crippen molar-refractivity contribution in [3.63, 3.8) is 0 Å². The standard InChI is InChI=1S/C20H25N5O2S/c1-4-27-14-5-6-16-15(11-14)18-19(24(16)3)21-20(23-22-18)28-12-17(26)25-9-7-13(2)8-10-25/h5-6,11,13H,4,7-10,12H2,1-3H3. The van der Waals surface area contributed by atoms with Crippen molar-refractivity contribution in [3.05, 3.63) is 18.2 Å². The van der Waals surface area contributed by atoms with Gasteiger partial charge < -0.3 is 14.2 Å².